The number of carbonyl (C=O) groups excluding carboxylic acids is 1. The van der Waals surface area contributed by atoms with Crippen LogP contribution in [0.15, 0.2) is 36.5 Å². The van der Waals surface area contributed by atoms with Crippen LogP contribution >= 0.6 is 0 Å². The molecule has 0 spiro atoms. The second kappa shape index (κ2) is 8.24. The Morgan fingerprint density at radius 3 is 2.52 bits per heavy atom. The molecule has 1 fully saturated rings. The maximum atomic E-state index is 13.4. The molecule has 0 N–H and O–H groups in total. The Kier molecular flexibility index (Phi) is 5.78. The molecule has 1 aromatic heterocycles. The summed E-state index contributed by atoms with van der Waals surface area (Å²) >= 11 is 0. The topological polar surface area (TPSA) is 54.9 Å². The molecule has 2 heterocycles. The molecule has 1 aliphatic rings. The number of nitrogens with zero attached hydrogens (tertiary/aromatic N) is 3. The highest BCUT2D eigenvalue weighted by Crippen LogP contribution is 2.30. The number of hydrogen-bond acceptors (Lipinski definition) is 6. The molecule has 0 amide bonds. The lowest BCUT2D eigenvalue weighted by molar-refractivity contribution is 0.0378. The lowest BCUT2D eigenvalue weighted by atomic mass is 10.2. The summed E-state index contributed by atoms with van der Waals surface area (Å²) in [5, 5.41) is 0. The van der Waals surface area contributed by atoms with Crippen molar-refractivity contribution in [3.8, 4) is 5.75 Å². The molecule has 27 heavy (non-hydrogen) atoms. The number of piperazine rings is 1. The summed E-state index contributed by atoms with van der Waals surface area (Å²) < 4.78 is 24.1. The van der Waals surface area contributed by atoms with Gasteiger partial charge in [-0.25, -0.2) is 14.2 Å². The summed E-state index contributed by atoms with van der Waals surface area (Å²) in [6.07, 6.45) is 1.49. The van der Waals surface area contributed by atoms with Gasteiger partial charge in [-0.15, -0.1) is 0 Å². The zero-order chi connectivity index (χ0) is 19.4. The summed E-state index contributed by atoms with van der Waals surface area (Å²) in [4.78, 5) is 21.0. The van der Waals surface area contributed by atoms with Gasteiger partial charge in [0.1, 0.15) is 22.9 Å². The minimum absolute atomic E-state index is 0.187. The van der Waals surface area contributed by atoms with Crippen LogP contribution in [0, 0.1) is 5.82 Å². The van der Waals surface area contributed by atoms with E-state index >= 15 is 0 Å². The van der Waals surface area contributed by atoms with Crippen LogP contribution in [-0.4, -0.2) is 50.3 Å². The maximum Gasteiger partial charge on any atom is 0.342 e. The van der Waals surface area contributed by atoms with Crippen molar-refractivity contribution in [2.24, 2.45) is 0 Å². The highest BCUT2D eigenvalue weighted by atomic mass is 19.1. The van der Waals surface area contributed by atoms with Gasteiger partial charge in [-0.3, -0.25) is 0 Å². The number of rotatable bonds is 5. The molecule has 1 saturated heterocycles. The van der Waals surface area contributed by atoms with Crippen LogP contribution in [0.3, 0.4) is 0 Å². The van der Waals surface area contributed by atoms with E-state index in [1.165, 1.54) is 19.2 Å². The molecule has 2 aromatic rings. The Morgan fingerprint density at radius 2 is 1.85 bits per heavy atom. The maximum absolute atomic E-state index is 13.4. The van der Waals surface area contributed by atoms with Crippen LogP contribution in [0.5, 0.6) is 5.75 Å². The molecule has 0 aliphatic carbocycles. The first-order valence-corrected chi connectivity index (χ1v) is 8.99. The van der Waals surface area contributed by atoms with Gasteiger partial charge >= 0.3 is 5.97 Å². The van der Waals surface area contributed by atoms with Gasteiger partial charge in [-0.2, -0.15) is 0 Å². The largest absolute Gasteiger partial charge is 0.494 e. The Labute approximate surface area is 158 Å². The number of benzene rings is 1. The summed E-state index contributed by atoms with van der Waals surface area (Å²) in [6, 6.07) is 8.03. The molecular formula is C20H24FN3O3. The number of carbonyl (C=O) groups is 1. The first-order valence-electron chi connectivity index (χ1n) is 8.99. The number of ether oxygens (including phenoxy) is 2. The number of aromatic nitrogens is 1. The van der Waals surface area contributed by atoms with E-state index in [2.05, 4.69) is 14.8 Å². The number of pyridine rings is 1. The van der Waals surface area contributed by atoms with Crippen LogP contribution in [0.4, 0.5) is 15.9 Å². The predicted molar refractivity (Wildman–Crippen MR) is 102 cm³/mol. The molecule has 0 saturated carbocycles. The van der Waals surface area contributed by atoms with E-state index in [-0.39, 0.29) is 17.9 Å². The van der Waals surface area contributed by atoms with Gasteiger partial charge in [0, 0.05) is 38.4 Å². The minimum Gasteiger partial charge on any atom is -0.494 e. The van der Waals surface area contributed by atoms with Crippen molar-refractivity contribution in [3.05, 3.63) is 47.9 Å². The average molecular weight is 373 g/mol. The number of esters is 1. The van der Waals surface area contributed by atoms with E-state index in [0.29, 0.717) is 43.3 Å². The van der Waals surface area contributed by atoms with E-state index < -0.39 is 0 Å². The first kappa shape index (κ1) is 18.9. The average Bonchev–Trinajstić information content (AvgIpc) is 2.67. The van der Waals surface area contributed by atoms with Crippen molar-refractivity contribution >= 4 is 17.5 Å². The normalized spacial score (nSPS) is 14.4. The molecule has 7 heteroatoms. The summed E-state index contributed by atoms with van der Waals surface area (Å²) in [7, 11) is 1.54. The van der Waals surface area contributed by atoms with Gasteiger partial charge in [0.15, 0.2) is 0 Å². The van der Waals surface area contributed by atoms with E-state index in [0.717, 1.165) is 5.69 Å². The molecule has 0 unspecified atom stereocenters. The summed E-state index contributed by atoms with van der Waals surface area (Å²) in [6.45, 7) is 6.42. The molecular weight excluding hydrogens is 349 g/mol. The molecule has 1 aliphatic heterocycles. The van der Waals surface area contributed by atoms with Crippen molar-refractivity contribution in [1.82, 2.24) is 4.98 Å². The van der Waals surface area contributed by atoms with Crippen molar-refractivity contribution < 1.29 is 18.7 Å². The van der Waals surface area contributed by atoms with E-state index in [1.807, 2.05) is 13.8 Å². The van der Waals surface area contributed by atoms with Crippen molar-refractivity contribution in [2.75, 3.05) is 43.1 Å². The molecule has 0 bridgehead atoms. The molecule has 6 nitrogen and oxygen atoms in total. The number of hydrogen-bond donors (Lipinski definition) is 0. The highest BCUT2D eigenvalue weighted by Gasteiger charge is 2.25. The zero-order valence-electron chi connectivity index (χ0n) is 15.8. The van der Waals surface area contributed by atoms with Crippen LogP contribution in [0.1, 0.15) is 24.2 Å². The van der Waals surface area contributed by atoms with Gasteiger partial charge < -0.3 is 19.3 Å². The Hall–Kier alpha value is -2.83. The van der Waals surface area contributed by atoms with Crippen LogP contribution < -0.4 is 14.5 Å². The van der Waals surface area contributed by atoms with Crippen LogP contribution in [0.2, 0.25) is 0 Å². The van der Waals surface area contributed by atoms with Crippen molar-refractivity contribution in [1.29, 1.82) is 0 Å². The van der Waals surface area contributed by atoms with E-state index in [4.69, 9.17) is 9.47 Å². The molecule has 0 atom stereocenters. The van der Waals surface area contributed by atoms with Gasteiger partial charge in [-0.1, -0.05) is 0 Å². The predicted octanol–water partition coefficient (Wildman–Crippen LogP) is 3.12. The third kappa shape index (κ3) is 4.30. The quantitative estimate of drug-likeness (QED) is 0.751. The fourth-order valence-corrected chi connectivity index (χ4v) is 3.16. The lowest BCUT2D eigenvalue weighted by Gasteiger charge is -2.37. The third-order valence-corrected chi connectivity index (χ3v) is 4.41. The monoisotopic (exact) mass is 373 g/mol. The highest BCUT2D eigenvalue weighted by molar-refractivity contribution is 5.95. The number of methoxy groups -OCH3 is 1. The fraction of sp³-hybridized carbons (Fsp3) is 0.400. The number of anilines is 2. The molecule has 3 rings (SSSR count). The van der Waals surface area contributed by atoms with Crippen molar-refractivity contribution in [3.63, 3.8) is 0 Å². The molecule has 144 valence electrons. The standard InChI is InChI=1S/C20H24FN3O3/c1-14(2)27-20(25)16-5-4-8-22-19(16)24-11-9-23(10-12-24)17-7-6-15(21)13-18(17)26-3/h4-8,13-14H,9-12H2,1-3H3. The smallest absolute Gasteiger partial charge is 0.342 e. The van der Waals surface area contributed by atoms with Gasteiger partial charge in [0.25, 0.3) is 0 Å². The Morgan fingerprint density at radius 1 is 1.15 bits per heavy atom. The Bertz CT molecular complexity index is 805. The van der Waals surface area contributed by atoms with Gasteiger partial charge in [-0.05, 0) is 38.1 Å². The second-order valence-corrected chi connectivity index (χ2v) is 6.62. The van der Waals surface area contributed by atoms with Crippen LogP contribution in [-0.2, 0) is 4.74 Å². The summed E-state index contributed by atoms with van der Waals surface area (Å²) in [5.41, 5.74) is 1.33. The zero-order valence-corrected chi connectivity index (χ0v) is 15.8. The van der Waals surface area contributed by atoms with E-state index in [9.17, 15) is 9.18 Å². The van der Waals surface area contributed by atoms with Crippen LogP contribution in [0.25, 0.3) is 0 Å². The Balaban J connectivity index is 1.74. The third-order valence-electron chi connectivity index (χ3n) is 4.41. The SMILES string of the molecule is COc1cc(F)ccc1N1CCN(c2ncccc2C(=O)OC(C)C)CC1. The fourth-order valence-electron chi connectivity index (χ4n) is 3.16. The van der Waals surface area contributed by atoms with Gasteiger partial charge in [0.2, 0.25) is 0 Å². The van der Waals surface area contributed by atoms with Crippen molar-refractivity contribution in [2.45, 2.75) is 20.0 Å². The first-order chi connectivity index (χ1) is 13.0. The molecule has 0 radical (unpaired) electrons. The molecule has 1 aromatic carbocycles. The number of halogens is 1. The summed E-state index contributed by atoms with van der Waals surface area (Å²) in [5.74, 6) is 0.461. The second-order valence-electron chi connectivity index (χ2n) is 6.62. The lowest BCUT2D eigenvalue weighted by Crippen LogP contribution is -2.47. The van der Waals surface area contributed by atoms with Gasteiger partial charge in [0.05, 0.1) is 18.9 Å². The van der Waals surface area contributed by atoms with E-state index in [1.54, 1.807) is 24.4 Å². The minimum atomic E-state index is -0.365.